The molecule has 2 aliphatic rings. The number of amides is 1. The van der Waals surface area contributed by atoms with E-state index in [2.05, 4.69) is 10.6 Å². The van der Waals surface area contributed by atoms with Crippen molar-refractivity contribution in [2.45, 2.75) is 36.3 Å². The molecule has 2 saturated heterocycles. The minimum absolute atomic E-state index is 0.0354. The number of carbonyl (C=O) groups is 1. The second-order valence-corrected chi connectivity index (χ2v) is 8.56. The van der Waals surface area contributed by atoms with Crippen LogP contribution in [0.25, 0.3) is 0 Å². The predicted molar refractivity (Wildman–Crippen MR) is 93.3 cm³/mol. The number of nitrogens with one attached hydrogen (secondary N) is 2. The van der Waals surface area contributed by atoms with Gasteiger partial charge in [-0.3, -0.25) is 4.79 Å². The lowest BCUT2D eigenvalue weighted by Gasteiger charge is -2.34. The Balaban J connectivity index is 1.71. The van der Waals surface area contributed by atoms with Gasteiger partial charge in [0.05, 0.1) is 11.0 Å². The highest BCUT2D eigenvalue weighted by molar-refractivity contribution is 7.89. The first-order chi connectivity index (χ1) is 12.0. The van der Waals surface area contributed by atoms with Crippen molar-refractivity contribution in [2.24, 2.45) is 5.92 Å². The normalized spacial score (nSPS) is 28.0. The zero-order valence-corrected chi connectivity index (χ0v) is 14.9. The Morgan fingerprint density at radius 1 is 1.24 bits per heavy atom. The molecule has 0 radical (unpaired) electrons. The number of piperidine rings is 1. The Labute approximate surface area is 148 Å². The van der Waals surface area contributed by atoms with E-state index in [4.69, 9.17) is 0 Å². The third-order valence-electron chi connectivity index (χ3n) is 4.95. The fourth-order valence-corrected chi connectivity index (χ4v) is 5.14. The molecule has 1 amide bonds. The Hall–Kier alpha value is -1.48. The standard InChI is InChI=1S/C17H25N3O4S/c21-16-12-18-10-13(16)11-19-17(22)15-8-4-5-9-20(15)25(23,24)14-6-2-1-3-7-14/h1-3,6-7,13,15-16,18,21H,4-5,8-12H2,(H,19,22). The van der Waals surface area contributed by atoms with Crippen LogP contribution in [0.4, 0.5) is 0 Å². The summed E-state index contributed by atoms with van der Waals surface area (Å²) in [5, 5.41) is 15.7. The molecule has 0 aliphatic carbocycles. The molecule has 3 atom stereocenters. The molecule has 8 heteroatoms. The minimum atomic E-state index is -3.69. The molecule has 3 unspecified atom stereocenters. The molecule has 1 aromatic rings. The van der Waals surface area contributed by atoms with Gasteiger partial charge >= 0.3 is 0 Å². The lowest BCUT2D eigenvalue weighted by Crippen LogP contribution is -2.52. The highest BCUT2D eigenvalue weighted by Gasteiger charge is 2.38. The Morgan fingerprint density at radius 3 is 2.68 bits per heavy atom. The maximum Gasteiger partial charge on any atom is 0.243 e. The van der Waals surface area contributed by atoms with Crippen molar-refractivity contribution in [1.29, 1.82) is 0 Å². The molecule has 2 aliphatic heterocycles. The number of aliphatic hydroxyl groups is 1. The number of β-amino-alcohol motifs (C(OH)–C–C–N with tert-alkyl or cyclic N) is 1. The molecule has 7 nitrogen and oxygen atoms in total. The summed E-state index contributed by atoms with van der Waals surface area (Å²) in [7, 11) is -3.69. The molecule has 3 N–H and O–H groups in total. The van der Waals surface area contributed by atoms with Crippen molar-refractivity contribution in [1.82, 2.24) is 14.9 Å². The summed E-state index contributed by atoms with van der Waals surface area (Å²) in [6.07, 6.45) is 1.62. The zero-order valence-electron chi connectivity index (χ0n) is 14.1. The van der Waals surface area contributed by atoms with Crippen molar-refractivity contribution in [3.63, 3.8) is 0 Å². The van der Waals surface area contributed by atoms with Crippen molar-refractivity contribution >= 4 is 15.9 Å². The molecule has 138 valence electrons. The summed E-state index contributed by atoms with van der Waals surface area (Å²) in [5.41, 5.74) is 0. The van der Waals surface area contributed by atoms with Crippen LogP contribution in [0.3, 0.4) is 0 Å². The Kier molecular flexibility index (Phi) is 5.73. The summed E-state index contributed by atoms with van der Waals surface area (Å²) in [4.78, 5) is 12.8. The van der Waals surface area contributed by atoms with Crippen LogP contribution >= 0.6 is 0 Å². The van der Waals surface area contributed by atoms with Gasteiger partial charge in [0.25, 0.3) is 0 Å². The van der Waals surface area contributed by atoms with E-state index in [0.717, 1.165) is 12.8 Å². The second kappa shape index (κ2) is 7.82. The number of aliphatic hydroxyl groups excluding tert-OH is 1. The Bertz CT molecular complexity index is 695. The van der Waals surface area contributed by atoms with Crippen LogP contribution in [0, 0.1) is 5.92 Å². The van der Waals surface area contributed by atoms with E-state index in [-0.39, 0.29) is 16.7 Å². The van der Waals surface area contributed by atoms with Crippen LogP contribution in [-0.2, 0) is 14.8 Å². The van der Waals surface area contributed by atoms with E-state index in [1.165, 1.54) is 4.31 Å². The van der Waals surface area contributed by atoms with Gasteiger partial charge < -0.3 is 15.7 Å². The van der Waals surface area contributed by atoms with Gasteiger partial charge in [-0.05, 0) is 25.0 Å². The van der Waals surface area contributed by atoms with Crippen LogP contribution in [-0.4, -0.2) is 62.1 Å². The number of hydrogen-bond donors (Lipinski definition) is 3. The molecule has 1 aromatic carbocycles. The lowest BCUT2D eigenvalue weighted by atomic mass is 10.0. The molecule has 2 fully saturated rings. The highest BCUT2D eigenvalue weighted by Crippen LogP contribution is 2.25. The van der Waals surface area contributed by atoms with Gasteiger partial charge in [-0.1, -0.05) is 24.6 Å². The molecule has 0 saturated carbocycles. The summed E-state index contributed by atoms with van der Waals surface area (Å²) in [5.74, 6) is -0.315. The van der Waals surface area contributed by atoms with Crippen molar-refractivity contribution < 1.29 is 18.3 Å². The first-order valence-corrected chi connectivity index (χ1v) is 10.2. The smallest absolute Gasteiger partial charge is 0.243 e. The Morgan fingerprint density at radius 2 is 2.00 bits per heavy atom. The number of carbonyl (C=O) groups excluding carboxylic acids is 1. The average molecular weight is 367 g/mol. The summed E-state index contributed by atoms with van der Waals surface area (Å²) >= 11 is 0. The second-order valence-electron chi connectivity index (χ2n) is 6.67. The lowest BCUT2D eigenvalue weighted by molar-refractivity contribution is -0.126. The van der Waals surface area contributed by atoms with Crippen LogP contribution < -0.4 is 10.6 Å². The number of rotatable bonds is 5. The maximum absolute atomic E-state index is 12.9. The van der Waals surface area contributed by atoms with Gasteiger partial charge in [0.2, 0.25) is 15.9 Å². The molecule has 0 spiro atoms. The van der Waals surface area contributed by atoms with Crippen LogP contribution in [0.5, 0.6) is 0 Å². The summed E-state index contributed by atoms with van der Waals surface area (Å²) in [6, 6.07) is 7.55. The van der Waals surface area contributed by atoms with Gasteiger partial charge in [-0.25, -0.2) is 8.42 Å². The molecular weight excluding hydrogens is 342 g/mol. The number of sulfonamides is 1. The van der Waals surface area contributed by atoms with Crippen LogP contribution in [0.2, 0.25) is 0 Å². The number of nitrogens with zero attached hydrogens (tertiary/aromatic N) is 1. The monoisotopic (exact) mass is 367 g/mol. The summed E-state index contributed by atoms with van der Waals surface area (Å²) in [6.45, 7) is 1.88. The van der Waals surface area contributed by atoms with Gasteiger partial charge in [0.15, 0.2) is 0 Å². The topological polar surface area (TPSA) is 98.7 Å². The van der Waals surface area contributed by atoms with E-state index in [1.54, 1.807) is 30.3 Å². The summed E-state index contributed by atoms with van der Waals surface area (Å²) < 4.78 is 27.1. The van der Waals surface area contributed by atoms with E-state index >= 15 is 0 Å². The first-order valence-electron chi connectivity index (χ1n) is 8.73. The molecule has 0 bridgehead atoms. The fraction of sp³-hybridized carbons (Fsp3) is 0.588. The fourth-order valence-electron chi connectivity index (χ4n) is 3.46. The van der Waals surface area contributed by atoms with Crippen molar-refractivity contribution in [2.75, 3.05) is 26.2 Å². The van der Waals surface area contributed by atoms with E-state index in [1.807, 2.05) is 0 Å². The maximum atomic E-state index is 12.9. The third kappa shape index (κ3) is 4.03. The van der Waals surface area contributed by atoms with Crippen molar-refractivity contribution in [3.8, 4) is 0 Å². The number of benzene rings is 1. The molecule has 0 aromatic heterocycles. The third-order valence-corrected chi connectivity index (χ3v) is 6.87. The van der Waals surface area contributed by atoms with Crippen LogP contribution in [0.15, 0.2) is 35.2 Å². The van der Waals surface area contributed by atoms with E-state index < -0.39 is 22.2 Å². The zero-order chi connectivity index (χ0) is 17.9. The van der Waals surface area contributed by atoms with E-state index in [9.17, 15) is 18.3 Å². The average Bonchev–Trinajstić information content (AvgIpc) is 3.05. The molecule has 3 rings (SSSR count). The minimum Gasteiger partial charge on any atom is -0.391 e. The molecular formula is C17H25N3O4S. The van der Waals surface area contributed by atoms with Crippen LogP contribution in [0.1, 0.15) is 19.3 Å². The number of hydrogen-bond acceptors (Lipinski definition) is 5. The largest absolute Gasteiger partial charge is 0.391 e. The van der Waals surface area contributed by atoms with E-state index in [0.29, 0.717) is 32.6 Å². The SMILES string of the molecule is O=C(NCC1CNCC1O)C1CCCCN1S(=O)(=O)c1ccccc1. The molecule has 25 heavy (non-hydrogen) atoms. The predicted octanol–water partition coefficient (Wildman–Crippen LogP) is -0.0737. The van der Waals surface area contributed by atoms with Gasteiger partial charge in [0, 0.05) is 32.1 Å². The van der Waals surface area contributed by atoms with Gasteiger partial charge in [-0.15, -0.1) is 0 Å². The first kappa shape index (κ1) is 18.3. The van der Waals surface area contributed by atoms with Gasteiger partial charge in [0.1, 0.15) is 6.04 Å². The van der Waals surface area contributed by atoms with Crippen molar-refractivity contribution in [3.05, 3.63) is 30.3 Å². The quantitative estimate of drug-likeness (QED) is 0.676. The van der Waals surface area contributed by atoms with Gasteiger partial charge in [-0.2, -0.15) is 4.31 Å². The highest BCUT2D eigenvalue weighted by atomic mass is 32.2. The molecule has 2 heterocycles.